The fraction of sp³-hybridized carbons (Fsp3) is 0.912. The molecule has 0 heterocycles. The van der Waals surface area contributed by atoms with Crippen molar-refractivity contribution >= 4 is 5.91 Å². The molecular formula is C57H111NO4. The van der Waals surface area contributed by atoms with Gasteiger partial charge in [-0.15, -0.1) is 0 Å². The molecule has 4 N–H and O–H groups in total. The first-order valence-corrected chi connectivity index (χ1v) is 28.1. The summed E-state index contributed by atoms with van der Waals surface area (Å²) in [7, 11) is 0. The number of hydrogen-bond donors (Lipinski definition) is 4. The van der Waals surface area contributed by atoms with Gasteiger partial charge in [-0.25, -0.2) is 0 Å². The van der Waals surface area contributed by atoms with Crippen LogP contribution in [0.5, 0.6) is 0 Å². The van der Waals surface area contributed by atoms with Crippen molar-refractivity contribution in [3.8, 4) is 0 Å². The van der Waals surface area contributed by atoms with Crippen LogP contribution in [-0.4, -0.2) is 46.1 Å². The van der Waals surface area contributed by atoms with Crippen LogP contribution < -0.4 is 5.32 Å². The first kappa shape index (κ1) is 60.8. The first-order chi connectivity index (χ1) is 30.5. The molecule has 3 atom stereocenters. The van der Waals surface area contributed by atoms with Crippen molar-refractivity contribution in [2.75, 3.05) is 6.61 Å². The number of nitrogens with one attached hydrogen (secondary N) is 1. The highest BCUT2D eigenvalue weighted by Crippen LogP contribution is 2.18. The molecule has 0 saturated carbocycles. The molecule has 3 unspecified atom stereocenters. The van der Waals surface area contributed by atoms with E-state index in [1.165, 1.54) is 250 Å². The zero-order valence-electron chi connectivity index (χ0n) is 42.0. The molecule has 0 aromatic heterocycles. The minimum absolute atomic E-state index is 0.0103. The largest absolute Gasteiger partial charge is 0.394 e. The van der Waals surface area contributed by atoms with Crippen molar-refractivity contribution in [2.45, 2.75) is 327 Å². The van der Waals surface area contributed by atoms with Gasteiger partial charge < -0.3 is 20.6 Å². The van der Waals surface area contributed by atoms with Gasteiger partial charge in [0.05, 0.1) is 31.3 Å². The fourth-order valence-corrected chi connectivity index (χ4v) is 8.95. The van der Waals surface area contributed by atoms with E-state index in [9.17, 15) is 20.1 Å². The molecule has 0 rings (SSSR count). The summed E-state index contributed by atoms with van der Waals surface area (Å²) in [5.41, 5.74) is 0. The average Bonchev–Trinajstić information content (AvgIpc) is 3.27. The van der Waals surface area contributed by atoms with E-state index in [4.69, 9.17) is 0 Å². The number of amides is 1. The molecule has 1 amide bonds. The maximum Gasteiger partial charge on any atom is 0.222 e. The van der Waals surface area contributed by atoms with Gasteiger partial charge in [-0.05, 0) is 32.1 Å². The number of rotatable bonds is 52. The Bertz CT molecular complexity index is 920. The maximum absolute atomic E-state index is 12.5. The minimum atomic E-state index is -0.949. The van der Waals surface area contributed by atoms with E-state index in [-0.39, 0.29) is 18.9 Å². The molecule has 0 radical (unpaired) electrons. The van der Waals surface area contributed by atoms with Crippen molar-refractivity contribution in [2.24, 2.45) is 0 Å². The Balaban J connectivity index is 3.51. The Morgan fingerprint density at radius 3 is 1.03 bits per heavy atom. The number of aliphatic hydroxyl groups is 3. The van der Waals surface area contributed by atoms with Crippen molar-refractivity contribution in [1.82, 2.24) is 5.32 Å². The number of allylic oxidation sites excluding steroid dienone is 3. The summed E-state index contributed by atoms with van der Waals surface area (Å²) in [5, 5.41) is 33.4. The number of carbonyl (C=O) groups is 1. The smallest absolute Gasteiger partial charge is 0.222 e. The molecule has 0 saturated heterocycles. The van der Waals surface area contributed by atoms with E-state index >= 15 is 0 Å². The second-order valence-corrected chi connectivity index (χ2v) is 19.5. The molecule has 62 heavy (non-hydrogen) atoms. The van der Waals surface area contributed by atoms with Crippen LogP contribution in [0, 0.1) is 0 Å². The van der Waals surface area contributed by atoms with Crippen LogP contribution in [0.15, 0.2) is 24.3 Å². The quantitative estimate of drug-likeness (QED) is 0.0362. The molecule has 0 aliphatic rings. The van der Waals surface area contributed by atoms with Crippen molar-refractivity contribution in [3.63, 3.8) is 0 Å². The van der Waals surface area contributed by atoms with Crippen LogP contribution >= 0.6 is 0 Å². The summed E-state index contributed by atoms with van der Waals surface area (Å²) in [5.74, 6) is -0.320. The summed E-state index contributed by atoms with van der Waals surface area (Å²) < 4.78 is 0. The predicted molar refractivity (Wildman–Crippen MR) is 273 cm³/mol. The maximum atomic E-state index is 12.5. The molecule has 0 bridgehead atoms. The lowest BCUT2D eigenvalue weighted by Gasteiger charge is -2.21. The van der Waals surface area contributed by atoms with Gasteiger partial charge in [0.15, 0.2) is 0 Å². The van der Waals surface area contributed by atoms with Gasteiger partial charge in [0.25, 0.3) is 0 Å². The van der Waals surface area contributed by atoms with Crippen LogP contribution in [0.25, 0.3) is 0 Å². The molecule has 5 nitrogen and oxygen atoms in total. The second-order valence-electron chi connectivity index (χ2n) is 19.5. The normalized spacial score (nSPS) is 13.4. The molecule has 0 aliphatic carbocycles. The summed E-state index contributed by atoms with van der Waals surface area (Å²) in [4.78, 5) is 12.5. The summed E-state index contributed by atoms with van der Waals surface area (Å²) in [6.45, 7) is 4.23. The molecule has 0 aliphatic heterocycles. The van der Waals surface area contributed by atoms with Gasteiger partial charge in [0.1, 0.15) is 0 Å². The first-order valence-electron chi connectivity index (χ1n) is 28.1. The Hall–Kier alpha value is -1.17. The van der Waals surface area contributed by atoms with E-state index in [1.807, 2.05) is 6.08 Å². The monoisotopic (exact) mass is 874 g/mol. The zero-order chi connectivity index (χ0) is 45.1. The topological polar surface area (TPSA) is 89.8 Å². The molecule has 0 spiro atoms. The molecule has 0 fully saturated rings. The van der Waals surface area contributed by atoms with Gasteiger partial charge in [0, 0.05) is 0 Å². The highest BCUT2D eigenvalue weighted by molar-refractivity contribution is 5.76. The van der Waals surface area contributed by atoms with Gasteiger partial charge in [-0.2, -0.15) is 0 Å². The van der Waals surface area contributed by atoms with Crippen LogP contribution in [0.2, 0.25) is 0 Å². The number of unbranched alkanes of at least 4 members (excludes halogenated alkanes) is 41. The third-order valence-corrected chi connectivity index (χ3v) is 13.2. The van der Waals surface area contributed by atoms with Crippen molar-refractivity contribution < 1.29 is 20.1 Å². The Morgan fingerprint density at radius 2 is 0.694 bits per heavy atom. The van der Waals surface area contributed by atoms with Gasteiger partial charge >= 0.3 is 0 Å². The van der Waals surface area contributed by atoms with Crippen molar-refractivity contribution in [1.29, 1.82) is 0 Å². The third-order valence-electron chi connectivity index (χ3n) is 13.2. The molecular weight excluding hydrogens is 763 g/mol. The van der Waals surface area contributed by atoms with E-state index in [0.717, 1.165) is 32.1 Å². The highest BCUT2D eigenvalue weighted by atomic mass is 16.3. The number of hydrogen-bond acceptors (Lipinski definition) is 4. The third kappa shape index (κ3) is 48.3. The number of aliphatic hydroxyl groups excluding tert-OH is 3. The van der Waals surface area contributed by atoms with Crippen LogP contribution in [0.1, 0.15) is 309 Å². The minimum Gasteiger partial charge on any atom is -0.394 e. The SMILES string of the molecule is CCCCCCCCCCCC/C=C/CC/C=C/C(O)C(CO)NC(=O)CC(O)CCCCCCCCCCCCCCCCCCCCCCCCCCCCCCCCC. The Kier molecular flexibility index (Phi) is 51.5. The summed E-state index contributed by atoms with van der Waals surface area (Å²) >= 11 is 0. The van der Waals surface area contributed by atoms with Crippen molar-refractivity contribution in [3.05, 3.63) is 24.3 Å². The lowest BCUT2D eigenvalue weighted by Crippen LogP contribution is -2.45. The second kappa shape index (κ2) is 52.5. The summed E-state index contributed by atoms with van der Waals surface area (Å²) in [6, 6.07) is -0.758. The van der Waals surface area contributed by atoms with Gasteiger partial charge in [-0.3, -0.25) is 4.79 Å². The molecule has 0 aromatic carbocycles. The lowest BCUT2D eigenvalue weighted by molar-refractivity contribution is -0.124. The van der Waals surface area contributed by atoms with Crippen LogP contribution in [0.4, 0.5) is 0 Å². The highest BCUT2D eigenvalue weighted by Gasteiger charge is 2.20. The average molecular weight is 875 g/mol. The predicted octanol–water partition coefficient (Wildman–Crippen LogP) is 17.3. The van der Waals surface area contributed by atoms with E-state index in [0.29, 0.717) is 6.42 Å². The molecule has 5 heteroatoms. The summed E-state index contributed by atoms with van der Waals surface area (Å²) in [6.07, 6.45) is 66.7. The molecule has 0 aromatic rings. The van der Waals surface area contributed by atoms with Gasteiger partial charge in [-0.1, -0.05) is 295 Å². The van der Waals surface area contributed by atoms with E-state index in [2.05, 4.69) is 31.3 Å². The fourth-order valence-electron chi connectivity index (χ4n) is 8.95. The molecule has 368 valence electrons. The van der Waals surface area contributed by atoms with Crippen LogP contribution in [0.3, 0.4) is 0 Å². The Labute approximate surface area is 388 Å². The lowest BCUT2D eigenvalue weighted by atomic mass is 10.0. The van der Waals surface area contributed by atoms with Crippen LogP contribution in [-0.2, 0) is 4.79 Å². The zero-order valence-corrected chi connectivity index (χ0v) is 42.0. The number of carbonyl (C=O) groups excluding carboxylic acids is 1. The van der Waals surface area contributed by atoms with E-state index < -0.39 is 18.2 Å². The Morgan fingerprint density at radius 1 is 0.403 bits per heavy atom. The standard InChI is InChI=1S/C57H111NO4/c1-3-5-7-9-11-13-15-17-19-21-22-23-24-25-26-27-28-29-30-31-32-33-34-35-36-38-40-42-44-46-48-50-54(60)52-57(62)58-55(53-59)56(61)51-49-47-45-43-41-39-37-20-18-16-14-12-10-8-6-4-2/h41,43,49,51,54-56,59-61H,3-40,42,44-48,50,52-53H2,1-2H3,(H,58,62)/b43-41+,51-49+. The van der Waals surface area contributed by atoms with E-state index in [1.54, 1.807) is 6.08 Å². The van der Waals surface area contributed by atoms with Gasteiger partial charge in [0.2, 0.25) is 5.91 Å².